The van der Waals surface area contributed by atoms with Gasteiger partial charge in [-0.2, -0.15) is 0 Å². The van der Waals surface area contributed by atoms with Crippen molar-refractivity contribution in [1.29, 1.82) is 0 Å². The molecule has 0 aliphatic heterocycles. The van der Waals surface area contributed by atoms with E-state index in [0.717, 1.165) is 11.1 Å². The van der Waals surface area contributed by atoms with Crippen LogP contribution < -0.4 is 20.9 Å². The van der Waals surface area contributed by atoms with Gasteiger partial charge < -0.3 is 19.8 Å². The maximum absolute atomic E-state index is 12.8. The first-order chi connectivity index (χ1) is 16.2. The number of allylic oxidation sites excluding steroid dienone is 3. The average Bonchev–Trinajstić information content (AvgIpc) is 2.78. The van der Waals surface area contributed by atoms with Crippen LogP contribution in [0.5, 0.6) is 5.75 Å². The molecule has 7 heteroatoms. The molecule has 0 spiro atoms. The van der Waals surface area contributed by atoms with Crippen LogP contribution >= 0.6 is 0 Å². The standard InChI is InChI=1S/C26H33N3O4.C2H6/c1-10-17(4)23(16(2)3)32-22-12-11-19(27)14-20(22)18-13-21(24(30)28(8)15-18)29(9)25(31)33-26(5,6)7;1-2/h10-15H,1-2,27H2,3-9H3;1-2H3/b23-17+;. The number of aryl methyl sites for hydroxylation is 1. The molecule has 1 aromatic heterocycles. The van der Waals surface area contributed by atoms with E-state index in [0.29, 0.717) is 28.3 Å². The molecule has 0 atom stereocenters. The highest BCUT2D eigenvalue weighted by atomic mass is 16.6. The predicted molar refractivity (Wildman–Crippen MR) is 146 cm³/mol. The number of amides is 1. The fourth-order valence-corrected chi connectivity index (χ4v) is 3.08. The third-order valence-corrected chi connectivity index (χ3v) is 4.77. The second kappa shape index (κ2) is 12.1. The molecule has 0 saturated carbocycles. The van der Waals surface area contributed by atoms with E-state index in [9.17, 15) is 9.59 Å². The predicted octanol–water partition coefficient (Wildman–Crippen LogP) is 6.45. The van der Waals surface area contributed by atoms with Gasteiger partial charge in [0, 0.05) is 37.1 Å². The molecule has 1 aromatic carbocycles. The molecular formula is C28H39N3O4. The summed E-state index contributed by atoms with van der Waals surface area (Å²) < 4.78 is 13.0. The zero-order valence-electron chi connectivity index (χ0n) is 22.5. The van der Waals surface area contributed by atoms with Crippen molar-refractivity contribution < 1.29 is 14.3 Å². The van der Waals surface area contributed by atoms with E-state index in [-0.39, 0.29) is 11.2 Å². The molecule has 2 aromatic rings. The molecule has 1 heterocycles. The number of carbonyl (C=O) groups is 1. The zero-order chi connectivity index (χ0) is 27.1. The van der Waals surface area contributed by atoms with Gasteiger partial charge in [-0.3, -0.25) is 9.69 Å². The van der Waals surface area contributed by atoms with Crippen LogP contribution in [0.2, 0.25) is 0 Å². The van der Waals surface area contributed by atoms with Crippen LogP contribution in [-0.2, 0) is 11.8 Å². The molecule has 7 nitrogen and oxygen atoms in total. The van der Waals surface area contributed by atoms with Crippen molar-refractivity contribution in [2.75, 3.05) is 17.7 Å². The molecule has 0 bridgehead atoms. The lowest BCUT2D eigenvalue weighted by Crippen LogP contribution is -2.37. The monoisotopic (exact) mass is 481 g/mol. The van der Waals surface area contributed by atoms with Gasteiger partial charge in [0.05, 0.1) is 0 Å². The number of nitrogen functional groups attached to an aromatic ring is 1. The highest BCUT2D eigenvalue weighted by Gasteiger charge is 2.24. The minimum atomic E-state index is -0.697. The number of aromatic nitrogens is 1. The van der Waals surface area contributed by atoms with Gasteiger partial charge in [-0.15, -0.1) is 0 Å². The Balaban J connectivity index is 0.00000298. The second-order valence-corrected chi connectivity index (χ2v) is 8.92. The number of hydrogen-bond donors (Lipinski definition) is 1. The van der Waals surface area contributed by atoms with Crippen molar-refractivity contribution >= 4 is 17.5 Å². The van der Waals surface area contributed by atoms with Crippen molar-refractivity contribution in [2.24, 2.45) is 7.05 Å². The Kier molecular flexibility index (Phi) is 10.1. The Hall–Kier alpha value is -3.74. The van der Waals surface area contributed by atoms with E-state index in [2.05, 4.69) is 13.2 Å². The number of rotatable bonds is 6. The first-order valence-electron chi connectivity index (χ1n) is 11.5. The molecule has 35 heavy (non-hydrogen) atoms. The lowest BCUT2D eigenvalue weighted by molar-refractivity contribution is 0.0589. The van der Waals surface area contributed by atoms with Crippen LogP contribution in [-0.4, -0.2) is 23.3 Å². The van der Waals surface area contributed by atoms with Gasteiger partial charge in [0.1, 0.15) is 22.8 Å². The number of pyridine rings is 1. The third-order valence-electron chi connectivity index (χ3n) is 4.77. The maximum atomic E-state index is 12.8. The molecule has 2 rings (SSSR count). The van der Waals surface area contributed by atoms with E-state index in [1.54, 1.807) is 64.4 Å². The summed E-state index contributed by atoms with van der Waals surface area (Å²) in [7, 11) is 3.12. The molecule has 0 radical (unpaired) electrons. The second-order valence-electron chi connectivity index (χ2n) is 8.92. The average molecular weight is 482 g/mol. The van der Waals surface area contributed by atoms with E-state index < -0.39 is 11.7 Å². The fraction of sp³-hybridized carbons (Fsp3) is 0.357. The highest BCUT2D eigenvalue weighted by molar-refractivity contribution is 5.88. The Morgan fingerprint density at radius 3 is 2.29 bits per heavy atom. The summed E-state index contributed by atoms with van der Waals surface area (Å²) in [4.78, 5) is 26.6. The number of carbonyl (C=O) groups excluding carboxylic acids is 1. The van der Waals surface area contributed by atoms with E-state index in [1.165, 1.54) is 16.5 Å². The zero-order valence-corrected chi connectivity index (χ0v) is 22.5. The Labute approximate surface area is 209 Å². The molecule has 190 valence electrons. The highest BCUT2D eigenvalue weighted by Crippen LogP contribution is 2.35. The normalized spacial score (nSPS) is 11.5. The van der Waals surface area contributed by atoms with Gasteiger partial charge >= 0.3 is 6.09 Å². The van der Waals surface area contributed by atoms with Gasteiger partial charge in [-0.1, -0.05) is 33.1 Å². The first-order valence-corrected chi connectivity index (χ1v) is 11.5. The summed E-state index contributed by atoms with van der Waals surface area (Å²) in [5, 5.41) is 0. The smallest absolute Gasteiger partial charge is 0.414 e. The summed E-state index contributed by atoms with van der Waals surface area (Å²) in [5.74, 6) is 1.11. The van der Waals surface area contributed by atoms with Crippen LogP contribution in [0.3, 0.4) is 0 Å². The first kappa shape index (κ1) is 29.3. The molecule has 0 unspecified atom stereocenters. The van der Waals surface area contributed by atoms with Gasteiger partial charge in [0.2, 0.25) is 0 Å². The Bertz CT molecular complexity index is 1180. The fourth-order valence-electron chi connectivity index (χ4n) is 3.08. The van der Waals surface area contributed by atoms with Gasteiger partial charge in [-0.05, 0) is 70.0 Å². The molecule has 0 fully saturated rings. The summed E-state index contributed by atoms with van der Waals surface area (Å²) >= 11 is 0. The summed E-state index contributed by atoms with van der Waals surface area (Å²) in [6.07, 6.45) is 2.73. The summed E-state index contributed by atoms with van der Waals surface area (Å²) in [6, 6.07) is 6.87. The Morgan fingerprint density at radius 1 is 1.17 bits per heavy atom. The topological polar surface area (TPSA) is 86.8 Å². The van der Waals surface area contributed by atoms with Crippen molar-refractivity contribution in [1.82, 2.24) is 4.57 Å². The van der Waals surface area contributed by atoms with Crippen LogP contribution in [0.15, 0.2) is 71.4 Å². The third kappa shape index (κ3) is 7.64. The number of nitrogens with two attached hydrogens (primary N) is 1. The number of ether oxygens (including phenoxy) is 2. The molecule has 0 aliphatic rings. The van der Waals surface area contributed by atoms with Crippen molar-refractivity contribution in [3.63, 3.8) is 0 Å². The van der Waals surface area contributed by atoms with Crippen LogP contribution in [0.1, 0.15) is 48.5 Å². The minimum absolute atomic E-state index is 0.163. The van der Waals surface area contributed by atoms with Crippen LogP contribution in [0.4, 0.5) is 16.2 Å². The Morgan fingerprint density at radius 2 is 1.77 bits per heavy atom. The van der Waals surface area contributed by atoms with Gasteiger partial charge in [0.25, 0.3) is 5.56 Å². The van der Waals surface area contributed by atoms with Crippen LogP contribution in [0.25, 0.3) is 11.1 Å². The minimum Gasteiger partial charge on any atom is -0.456 e. The number of benzene rings is 1. The van der Waals surface area contributed by atoms with Crippen molar-refractivity contribution in [2.45, 2.75) is 54.1 Å². The molecule has 0 aliphatic carbocycles. The summed E-state index contributed by atoms with van der Waals surface area (Å²) in [5.41, 5.74) is 8.58. The van der Waals surface area contributed by atoms with Crippen molar-refractivity contribution in [3.05, 3.63) is 77.0 Å². The lowest BCUT2D eigenvalue weighted by atomic mass is 10.0. The van der Waals surface area contributed by atoms with E-state index in [4.69, 9.17) is 15.2 Å². The van der Waals surface area contributed by atoms with E-state index >= 15 is 0 Å². The number of anilines is 2. The van der Waals surface area contributed by atoms with Crippen LogP contribution in [0, 0.1) is 0 Å². The molecule has 0 saturated heterocycles. The SMILES string of the molecule is C=C/C(C)=C(/Oc1ccc(N)cc1-c1cc(N(C)C(=O)OC(C)(C)C)c(=O)n(C)c1)C(=C)C.CC. The molecule has 1 amide bonds. The van der Waals surface area contributed by atoms with Gasteiger partial charge in [0.15, 0.2) is 0 Å². The van der Waals surface area contributed by atoms with Crippen molar-refractivity contribution in [3.8, 4) is 16.9 Å². The number of hydrogen-bond acceptors (Lipinski definition) is 5. The largest absolute Gasteiger partial charge is 0.456 e. The van der Waals surface area contributed by atoms with Gasteiger partial charge in [-0.25, -0.2) is 4.79 Å². The van der Waals surface area contributed by atoms with E-state index in [1.807, 2.05) is 27.7 Å². The molecule has 2 N–H and O–H groups in total. The molecular weight excluding hydrogens is 442 g/mol. The summed E-state index contributed by atoms with van der Waals surface area (Å²) in [6.45, 7) is 20.8. The number of nitrogens with zero attached hydrogens (tertiary/aromatic N) is 2. The maximum Gasteiger partial charge on any atom is 0.414 e. The lowest BCUT2D eigenvalue weighted by Gasteiger charge is -2.25. The quantitative estimate of drug-likeness (QED) is 0.291.